The van der Waals surface area contributed by atoms with Crippen LogP contribution in [-0.2, 0) is 13.1 Å². The van der Waals surface area contributed by atoms with Crippen LogP contribution >= 0.6 is 11.6 Å². The number of benzene rings is 1. The highest BCUT2D eigenvalue weighted by Crippen LogP contribution is 2.31. The van der Waals surface area contributed by atoms with Crippen molar-refractivity contribution in [2.75, 3.05) is 17.2 Å². The summed E-state index contributed by atoms with van der Waals surface area (Å²) in [6.07, 6.45) is 0. The lowest BCUT2D eigenvalue weighted by Crippen LogP contribution is -2.30. The molecule has 11 heteroatoms. The molecule has 1 aromatic carbocycles. The Balaban J connectivity index is 1.95. The van der Waals surface area contributed by atoms with Crippen LogP contribution in [0.3, 0.4) is 0 Å². The number of nitrogens with zero attached hydrogens (tertiary/aromatic N) is 5. The minimum absolute atomic E-state index is 0.0543. The van der Waals surface area contributed by atoms with E-state index < -0.39 is 0 Å². The molecule has 1 unspecified atom stereocenters. The first-order valence-corrected chi connectivity index (χ1v) is 9.64. The molecular formula is C18H24ClN7O3. The second kappa shape index (κ2) is 8.66. The van der Waals surface area contributed by atoms with E-state index in [1.807, 2.05) is 20.8 Å². The number of aromatic nitrogens is 5. The molecule has 1 atom stereocenters. The first-order chi connectivity index (χ1) is 13.8. The lowest BCUT2D eigenvalue weighted by atomic mass is 10.1. The Morgan fingerprint density at radius 3 is 2.59 bits per heavy atom. The van der Waals surface area contributed by atoms with Gasteiger partial charge in [-0.3, -0.25) is 0 Å². The summed E-state index contributed by atoms with van der Waals surface area (Å²) in [7, 11) is 0. The summed E-state index contributed by atoms with van der Waals surface area (Å²) in [6, 6.07) is 2.44. The van der Waals surface area contributed by atoms with Gasteiger partial charge in [0, 0.05) is 24.7 Å². The van der Waals surface area contributed by atoms with E-state index >= 15 is 0 Å². The number of halogens is 1. The predicted octanol–water partition coefficient (Wildman–Crippen LogP) is 2.35. The third-order valence-corrected chi connectivity index (χ3v) is 4.88. The van der Waals surface area contributed by atoms with Crippen molar-refractivity contribution in [2.24, 2.45) is 5.92 Å². The van der Waals surface area contributed by atoms with Gasteiger partial charge in [0.1, 0.15) is 11.5 Å². The van der Waals surface area contributed by atoms with E-state index in [-0.39, 0.29) is 41.6 Å². The number of aryl methyl sites for hydroxylation is 1. The summed E-state index contributed by atoms with van der Waals surface area (Å²) in [5.41, 5.74) is 1.45. The van der Waals surface area contributed by atoms with Gasteiger partial charge >= 0.3 is 0 Å². The lowest BCUT2D eigenvalue weighted by Gasteiger charge is -2.20. The number of rotatable bonds is 8. The zero-order valence-electron chi connectivity index (χ0n) is 16.4. The van der Waals surface area contributed by atoms with Crippen LogP contribution in [0.15, 0.2) is 12.1 Å². The Labute approximate surface area is 172 Å². The number of fused-ring (bicyclic) bond motifs is 1. The molecule has 10 nitrogen and oxygen atoms in total. The predicted molar refractivity (Wildman–Crippen MR) is 110 cm³/mol. The maximum absolute atomic E-state index is 10.1. The molecule has 0 bridgehead atoms. The fourth-order valence-electron chi connectivity index (χ4n) is 2.76. The lowest BCUT2D eigenvalue weighted by molar-refractivity contribution is 0.248. The fraction of sp³-hybridized carbons (Fsp3) is 0.444. The molecule has 0 saturated heterocycles. The van der Waals surface area contributed by atoms with Crippen molar-refractivity contribution in [3.05, 3.63) is 22.7 Å². The molecule has 0 spiro atoms. The molecule has 29 heavy (non-hydrogen) atoms. The quantitative estimate of drug-likeness (QED) is 0.346. The number of aliphatic hydroxyl groups excluding tert-OH is 1. The third kappa shape index (κ3) is 4.43. The first kappa shape index (κ1) is 20.9. The van der Waals surface area contributed by atoms with Gasteiger partial charge < -0.3 is 26.0 Å². The highest BCUT2D eigenvalue weighted by molar-refractivity contribution is 6.32. The van der Waals surface area contributed by atoms with E-state index in [1.54, 1.807) is 4.68 Å². The minimum atomic E-state index is -0.219. The summed E-state index contributed by atoms with van der Waals surface area (Å²) < 4.78 is 1.64. The minimum Gasteiger partial charge on any atom is -0.508 e. The Hall–Kier alpha value is -2.85. The SMILES string of the molecule is CCn1nnc2c(NCc3cc(O)c(Cl)cc3O)nc(NC(CO)C(C)C)nc21. The Bertz CT molecular complexity index is 1010. The fourth-order valence-corrected chi connectivity index (χ4v) is 2.92. The van der Waals surface area contributed by atoms with E-state index in [9.17, 15) is 15.3 Å². The van der Waals surface area contributed by atoms with Crippen molar-refractivity contribution in [3.63, 3.8) is 0 Å². The van der Waals surface area contributed by atoms with Gasteiger partial charge in [-0.2, -0.15) is 9.97 Å². The molecule has 0 aliphatic heterocycles. The Morgan fingerprint density at radius 1 is 1.17 bits per heavy atom. The van der Waals surface area contributed by atoms with Crippen LogP contribution in [0, 0.1) is 5.92 Å². The summed E-state index contributed by atoms with van der Waals surface area (Å²) in [4.78, 5) is 8.97. The van der Waals surface area contributed by atoms with Crippen LogP contribution in [0.2, 0.25) is 5.02 Å². The molecule has 156 valence electrons. The second-order valence-corrected chi connectivity index (χ2v) is 7.34. The molecular weight excluding hydrogens is 398 g/mol. The summed E-state index contributed by atoms with van der Waals surface area (Å²) in [5.74, 6) is 0.718. The van der Waals surface area contributed by atoms with E-state index in [0.717, 1.165) is 0 Å². The van der Waals surface area contributed by atoms with Gasteiger partial charge in [-0.15, -0.1) is 5.10 Å². The van der Waals surface area contributed by atoms with Crippen molar-refractivity contribution in [3.8, 4) is 11.5 Å². The van der Waals surface area contributed by atoms with Gasteiger partial charge in [0.25, 0.3) is 0 Å². The molecule has 2 heterocycles. The monoisotopic (exact) mass is 421 g/mol. The number of nitrogens with one attached hydrogen (secondary N) is 2. The van der Waals surface area contributed by atoms with Gasteiger partial charge in [-0.1, -0.05) is 30.7 Å². The van der Waals surface area contributed by atoms with Crippen molar-refractivity contribution in [1.29, 1.82) is 0 Å². The van der Waals surface area contributed by atoms with Crippen molar-refractivity contribution in [1.82, 2.24) is 25.0 Å². The number of hydrogen-bond acceptors (Lipinski definition) is 9. The van der Waals surface area contributed by atoms with E-state index in [2.05, 4.69) is 30.9 Å². The zero-order chi connectivity index (χ0) is 21.1. The third-order valence-electron chi connectivity index (χ3n) is 4.57. The van der Waals surface area contributed by atoms with Crippen LogP contribution in [0.5, 0.6) is 11.5 Å². The highest BCUT2D eigenvalue weighted by atomic mass is 35.5. The molecule has 0 aliphatic carbocycles. The Kier molecular flexibility index (Phi) is 6.23. The van der Waals surface area contributed by atoms with E-state index in [0.29, 0.717) is 35.0 Å². The van der Waals surface area contributed by atoms with Gasteiger partial charge in [0.2, 0.25) is 5.95 Å². The molecule has 0 aliphatic rings. The van der Waals surface area contributed by atoms with Crippen LogP contribution in [-0.4, -0.2) is 52.9 Å². The average Bonchev–Trinajstić information content (AvgIpc) is 3.10. The number of anilines is 2. The first-order valence-electron chi connectivity index (χ1n) is 9.26. The molecule has 2 aromatic heterocycles. The zero-order valence-corrected chi connectivity index (χ0v) is 17.1. The van der Waals surface area contributed by atoms with Crippen molar-refractivity contribution < 1.29 is 15.3 Å². The number of aliphatic hydroxyl groups is 1. The van der Waals surface area contributed by atoms with Crippen LogP contribution in [0.4, 0.5) is 11.8 Å². The second-order valence-electron chi connectivity index (χ2n) is 6.94. The van der Waals surface area contributed by atoms with Crippen LogP contribution in [0.25, 0.3) is 11.2 Å². The normalized spacial score (nSPS) is 12.5. The smallest absolute Gasteiger partial charge is 0.227 e. The molecule has 3 rings (SSSR count). The highest BCUT2D eigenvalue weighted by Gasteiger charge is 2.18. The number of hydrogen-bond donors (Lipinski definition) is 5. The molecule has 0 amide bonds. The van der Waals surface area contributed by atoms with E-state index in [4.69, 9.17) is 11.6 Å². The van der Waals surface area contributed by atoms with Crippen LogP contribution in [0.1, 0.15) is 26.3 Å². The van der Waals surface area contributed by atoms with E-state index in [1.165, 1.54) is 12.1 Å². The topological polar surface area (TPSA) is 141 Å². The number of aromatic hydroxyl groups is 2. The molecule has 0 fully saturated rings. The van der Waals surface area contributed by atoms with Gasteiger partial charge in [0.05, 0.1) is 17.7 Å². The standard InChI is InChI=1S/C18H24ClN7O3/c1-4-26-17-15(24-25-26)16(22-18(23-17)21-12(8-27)9(2)3)20-7-10-5-14(29)11(19)6-13(10)28/h5-6,9,12,27-29H,4,7-8H2,1-3H3,(H2,20,21,22,23). The molecule has 0 saturated carbocycles. The Morgan fingerprint density at radius 2 is 1.93 bits per heavy atom. The largest absolute Gasteiger partial charge is 0.508 e. The maximum atomic E-state index is 10.1. The summed E-state index contributed by atoms with van der Waals surface area (Å²) >= 11 is 5.81. The summed E-state index contributed by atoms with van der Waals surface area (Å²) in [6.45, 7) is 6.57. The summed E-state index contributed by atoms with van der Waals surface area (Å²) in [5, 5.41) is 44.0. The maximum Gasteiger partial charge on any atom is 0.227 e. The van der Waals surface area contributed by atoms with Gasteiger partial charge in [0.15, 0.2) is 17.0 Å². The van der Waals surface area contributed by atoms with Gasteiger partial charge in [-0.05, 0) is 18.9 Å². The molecule has 0 radical (unpaired) electrons. The average molecular weight is 422 g/mol. The number of phenols is 2. The van der Waals surface area contributed by atoms with Crippen LogP contribution < -0.4 is 10.6 Å². The van der Waals surface area contributed by atoms with Crippen molar-refractivity contribution >= 4 is 34.5 Å². The van der Waals surface area contributed by atoms with Gasteiger partial charge in [-0.25, -0.2) is 4.68 Å². The number of phenolic OH excluding ortho intramolecular Hbond substituents is 2. The molecule has 5 N–H and O–H groups in total. The van der Waals surface area contributed by atoms with Crippen molar-refractivity contribution in [2.45, 2.75) is 39.9 Å². The molecule has 3 aromatic rings.